The number of allylic oxidation sites excluding steroid dienone is 5. The third-order valence-corrected chi connectivity index (χ3v) is 12.2. The zero-order valence-electron chi connectivity index (χ0n) is 34.4. The number of hydrogen-bond donors (Lipinski definition) is 4. The lowest BCUT2D eigenvalue weighted by atomic mass is 9.95. The van der Waals surface area contributed by atoms with Gasteiger partial charge in [0.25, 0.3) is 0 Å². The topological polar surface area (TPSA) is 81.6 Å². The summed E-state index contributed by atoms with van der Waals surface area (Å²) in [5.74, 6) is 0. The van der Waals surface area contributed by atoms with Gasteiger partial charge in [-0.05, 0) is 82.4 Å². The fraction of sp³-hybridized carbons (Fsp3) is 0.0175. The largest absolute Gasteiger partial charge is 0.366 e. The first-order valence-corrected chi connectivity index (χ1v) is 21.2. The molecule has 2 heterocycles. The van der Waals surface area contributed by atoms with Crippen molar-refractivity contribution in [1.29, 1.82) is 10.8 Å². The minimum atomic E-state index is 0.376. The minimum absolute atomic E-state index is 0.376. The van der Waals surface area contributed by atoms with Crippen LogP contribution in [-0.4, -0.2) is 21.1 Å². The monoisotopic (exact) mass is 810 g/mol. The van der Waals surface area contributed by atoms with Crippen molar-refractivity contribution in [2.45, 2.75) is 6.67 Å². The van der Waals surface area contributed by atoms with E-state index in [0.29, 0.717) is 12.4 Å². The van der Waals surface area contributed by atoms with E-state index in [0.717, 1.165) is 94.6 Å². The second kappa shape index (κ2) is 15.8. The smallest absolute Gasteiger partial charge is 0.0926 e. The number of rotatable bonds is 10. The lowest BCUT2D eigenvalue weighted by molar-refractivity contribution is 0.695. The van der Waals surface area contributed by atoms with E-state index in [1.54, 1.807) is 0 Å². The molecule has 6 nitrogen and oxygen atoms in total. The first-order chi connectivity index (χ1) is 31.2. The van der Waals surface area contributed by atoms with Gasteiger partial charge < -0.3 is 30.6 Å². The van der Waals surface area contributed by atoms with Crippen molar-refractivity contribution in [2.24, 2.45) is 0 Å². The molecule has 2 aromatic heterocycles. The third kappa shape index (κ3) is 6.53. The van der Waals surface area contributed by atoms with Gasteiger partial charge in [-0.2, -0.15) is 0 Å². The molecule has 0 unspecified atom stereocenters. The maximum atomic E-state index is 9.04. The van der Waals surface area contributed by atoms with Crippen LogP contribution < -0.4 is 10.6 Å². The third-order valence-electron chi connectivity index (χ3n) is 12.2. The van der Waals surface area contributed by atoms with Crippen molar-refractivity contribution < 1.29 is 0 Å². The molecule has 0 fully saturated rings. The number of anilines is 2. The van der Waals surface area contributed by atoms with E-state index in [2.05, 4.69) is 171 Å². The lowest BCUT2D eigenvalue weighted by Crippen LogP contribution is -2.21. The maximum Gasteiger partial charge on any atom is 0.0926 e. The van der Waals surface area contributed by atoms with Gasteiger partial charge in [0.2, 0.25) is 0 Å². The summed E-state index contributed by atoms with van der Waals surface area (Å²) in [6.45, 7) is 0.376. The van der Waals surface area contributed by atoms with Gasteiger partial charge in [0, 0.05) is 56.0 Å². The summed E-state index contributed by atoms with van der Waals surface area (Å²) in [7, 11) is 0. The second-order valence-corrected chi connectivity index (χ2v) is 15.8. The Labute approximate surface area is 365 Å². The standard InChI is InChI=1S/C57H42N6/c58-36-48-50(61-41-18-6-2-7-19-41)35-34-47-55-44(43-25-15-29-53-54(43)46-23-11-13-27-51(46)63(53)42-20-8-3-9-21-42)24-14-28-52(55)62(57(47)48)37-60-56(45-22-10-12-26-49(45)59)40-32-30-39(31-33-40)38-16-4-1-5-17-38/h1-36,58-61H,37H2/b56-45-,58-36?,59-49?. The molecular weight excluding hydrogens is 769 g/mol. The summed E-state index contributed by atoms with van der Waals surface area (Å²) in [6.07, 6.45) is 9.22. The van der Waals surface area contributed by atoms with Crippen molar-refractivity contribution in [3.8, 4) is 27.9 Å². The van der Waals surface area contributed by atoms with Crippen LogP contribution in [0.25, 0.3) is 77.2 Å². The summed E-state index contributed by atoms with van der Waals surface area (Å²) in [5.41, 5.74) is 15.6. The zero-order valence-corrected chi connectivity index (χ0v) is 34.4. The van der Waals surface area contributed by atoms with Crippen LogP contribution in [-0.2, 0) is 6.67 Å². The van der Waals surface area contributed by atoms with Gasteiger partial charge in [-0.3, -0.25) is 0 Å². The van der Waals surface area contributed by atoms with Gasteiger partial charge in [-0.15, -0.1) is 0 Å². The molecule has 0 saturated carbocycles. The van der Waals surface area contributed by atoms with Crippen molar-refractivity contribution in [3.63, 3.8) is 0 Å². The normalized spacial score (nSPS) is 13.3. The molecule has 63 heavy (non-hydrogen) atoms. The molecule has 0 aliphatic heterocycles. The molecule has 0 radical (unpaired) electrons. The average molecular weight is 811 g/mol. The van der Waals surface area contributed by atoms with Crippen LogP contribution >= 0.6 is 0 Å². The molecular formula is C57H42N6. The zero-order chi connectivity index (χ0) is 42.3. The van der Waals surface area contributed by atoms with E-state index >= 15 is 0 Å². The molecule has 0 spiro atoms. The summed E-state index contributed by atoms with van der Waals surface area (Å²) < 4.78 is 4.67. The van der Waals surface area contributed by atoms with Crippen LogP contribution in [0.1, 0.15) is 11.1 Å². The van der Waals surface area contributed by atoms with E-state index in [1.807, 2.05) is 60.7 Å². The van der Waals surface area contributed by atoms with Crippen LogP contribution in [0, 0.1) is 10.8 Å². The molecule has 8 aromatic carbocycles. The number of nitrogens with zero attached hydrogens (tertiary/aromatic N) is 2. The number of nitrogens with one attached hydrogen (secondary N) is 4. The molecule has 1 aliphatic rings. The van der Waals surface area contributed by atoms with Crippen LogP contribution in [0.3, 0.4) is 0 Å². The fourth-order valence-corrected chi connectivity index (χ4v) is 9.36. The Morgan fingerprint density at radius 2 is 1.16 bits per heavy atom. The molecule has 1 aliphatic carbocycles. The molecule has 6 heteroatoms. The lowest BCUT2D eigenvalue weighted by Gasteiger charge is -2.20. The van der Waals surface area contributed by atoms with Gasteiger partial charge in [0.05, 0.1) is 40.1 Å². The highest BCUT2D eigenvalue weighted by Crippen LogP contribution is 2.44. The maximum absolute atomic E-state index is 9.04. The highest BCUT2D eigenvalue weighted by atomic mass is 15.1. The van der Waals surface area contributed by atoms with E-state index in [4.69, 9.17) is 10.8 Å². The Bertz CT molecular complexity index is 3480. The Hall–Kier alpha value is -8.48. The highest BCUT2D eigenvalue weighted by Gasteiger charge is 2.23. The predicted molar refractivity (Wildman–Crippen MR) is 265 cm³/mol. The first-order valence-electron chi connectivity index (χ1n) is 21.2. The van der Waals surface area contributed by atoms with Crippen LogP contribution in [0.4, 0.5) is 11.4 Å². The number of hydrogen-bond acceptors (Lipinski definition) is 4. The van der Waals surface area contributed by atoms with Gasteiger partial charge in [-0.25, -0.2) is 0 Å². The molecule has 0 amide bonds. The summed E-state index contributed by atoms with van der Waals surface area (Å²) in [4.78, 5) is 0. The summed E-state index contributed by atoms with van der Waals surface area (Å²) in [5, 5.41) is 30.0. The average Bonchev–Trinajstić information content (AvgIpc) is 3.86. The van der Waals surface area contributed by atoms with Gasteiger partial charge >= 0.3 is 0 Å². The van der Waals surface area contributed by atoms with Crippen molar-refractivity contribution in [3.05, 3.63) is 229 Å². The van der Waals surface area contributed by atoms with E-state index in [-0.39, 0.29) is 0 Å². The number of fused-ring (bicyclic) bond motifs is 6. The van der Waals surface area contributed by atoms with Crippen molar-refractivity contribution in [2.75, 3.05) is 5.32 Å². The van der Waals surface area contributed by atoms with E-state index < -0.39 is 0 Å². The minimum Gasteiger partial charge on any atom is -0.366 e. The Morgan fingerprint density at radius 3 is 1.89 bits per heavy atom. The van der Waals surface area contributed by atoms with Gasteiger partial charge in [0.15, 0.2) is 0 Å². The molecule has 11 rings (SSSR count). The molecule has 4 N–H and O–H groups in total. The molecule has 0 saturated heterocycles. The molecule has 0 atom stereocenters. The Balaban J connectivity index is 1.13. The quantitative estimate of drug-likeness (QED) is 0.104. The Morgan fingerprint density at radius 1 is 0.540 bits per heavy atom. The van der Waals surface area contributed by atoms with Crippen LogP contribution in [0.2, 0.25) is 0 Å². The summed E-state index contributed by atoms with van der Waals surface area (Å²) in [6, 6.07) is 65.9. The highest BCUT2D eigenvalue weighted by molar-refractivity contribution is 6.24. The number of para-hydroxylation sites is 3. The summed E-state index contributed by atoms with van der Waals surface area (Å²) >= 11 is 0. The van der Waals surface area contributed by atoms with E-state index in [1.165, 1.54) is 17.0 Å². The fourth-order valence-electron chi connectivity index (χ4n) is 9.36. The number of benzene rings is 8. The second-order valence-electron chi connectivity index (χ2n) is 15.8. The van der Waals surface area contributed by atoms with Crippen LogP contribution in [0.5, 0.6) is 0 Å². The van der Waals surface area contributed by atoms with E-state index in [9.17, 15) is 0 Å². The Kier molecular flexibility index (Phi) is 9.44. The van der Waals surface area contributed by atoms with Crippen molar-refractivity contribution >= 4 is 72.6 Å². The van der Waals surface area contributed by atoms with Crippen LogP contribution in [0.15, 0.2) is 218 Å². The molecule has 300 valence electrons. The SMILES string of the molecule is N=Cc1c(Nc2ccccc2)ccc2c3c(-c4cccc5c4c4ccccc4n5-c4ccccc4)cccc3n(CN/C(=C3/C=CC=CC3=N)c3ccc(-c4ccccc4)cc3)c12. The number of aromatic nitrogens is 2. The first kappa shape index (κ1) is 37.5. The molecule has 10 aromatic rings. The predicted octanol–water partition coefficient (Wildman–Crippen LogP) is 14.1. The molecule has 0 bridgehead atoms. The van der Waals surface area contributed by atoms with Gasteiger partial charge in [0.1, 0.15) is 0 Å². The van der Waals surface area contributed by atoms with Crippen molar-refractivity contribution in [1.82, 2.24) is 14.5 Å². The van der Waals surface area contributed by atoms with Gasteiger partial charge in [-0.1, -0.05) is 158 Å².